The number of benzene rings is 1. The summed E-state index contributed by atoms with van der Waals surface area (Å²) in [7, 11) is 0. The Morgan fingerprint density at radius 1 is 1.24 bits per heavy atom. The van der Waals surface area contributed by atoms with E-state index in [2.05, 4.69) is 15.3 Å². The predicted octanol–water partition coefficient (Wildman–Crippen LogP) is 3.59. The number of oxazole rings is 1. The molecule has 0 aliphatic carbocycles. The van der Waals surface area contributed by atoms with E-state index >= 15 is 0 Å². The summed E-state index contributed by atoms with van der Waals surface area (Å²) >= 11 is 1.60. The molecule has 0 radical (unpaired) electrons. The number of aliphatic hydroxyl groups is 1. The zero-order chi connectivity index (χ0) is 17.2. The third kappa shape index (κ3) is 3.29. The number of anilines is 1. The van der Waals surface area contributed by atoms with Crippen LogP contribution in [-0.4, -0.2) is 32.3 Å². The van der Waals surface area contributed by atoms with E-state index in [1.165, 1.54) is 0 Å². The fraction of sp³-hybridized carbons (Fsp3) is 0.222. The molecule has 2 N–H and O–H groups in total. The van der Waals surface area contributed by atoms with Gasteiger partial charge >= 0.3 is 0 Å². The number of imidazole rings is 1. The van der Waals surface area contributed by atoms with E-state index in [0.29, 0.717) is 24.9 Å². The number of thiophene rings is 1. The Bertz CT molecular complexity index is 972. The number of nitrogens with zero attached hydrogens (tertiary/aromatic N) is 3. The lowest BCUT2D eigenvalue weighted by molar-refractivity contribution is 0.208. The van der Waals surface area contributed by atoms with Crippen LogP contribution in [0, 0.1) is 0 Å². The quantitative estimate of drug-likeness (QED) is 0.553. The van der Waals surface area contributed by atoms with Gasteiger partial charge in [0.15, 0.2) is 0 Å². The zero-order valence-electron chi connectivity index (χ0n) is 13.7. The molecule has 25 heavy (non-hydrogen) atoms. The van der Waals surface area contributed by atoms with E-state index in [1.54, 1.807) is 24.5 Å². The van der Waals surface area contributed by atoms with Crippen LogP contribution in [-0.2, 0) is 6.54 Å². The van der Waals surface area contributed by atoms with Gasteiger partial charge in [0.05, 0.1) is 34.3 Å². The molecule has 0 saturated carbocycles. The number of aromatic nitrogens is 3. The van der Waals surface area contributed by atoms with Crippen LogP contribution in [0.2, 0.25) is 0 Å². The topological polar surface area (TPSA) is 76.1 Å². The minimum Gasteiger partial charge on any atom is -0.443 e. The van der Waals surface area contributed by atoms with Crippen molar-refractivity contribution in [2.75, 3.05) is 11.9 Å². The van der Waals surface area contributed by atoms with Crippen molar-refractivity contribution in [3.8, 4) is 10.8 Å². The number of nitrogens with one attached hydrogen (secondary N) is 1. The third-order valence-electron chi connectivity index (χ3n) is 3.81. The maximum atomic E-state index is 9.55. The molecule has 3 aromatic heterocycles. The van der Waals surface area contributed by atoms with Gasteiger partial charge in [0.2, 0.25) is 11.8 Å². The summed E-state index contributed by atoms with van der Waals surface area (Å²) in [6.45, 7) is 2.71. The largest absolute Gasteiger partial charge is 0.443 e. The second-order valence-corrected chi connectivity index (χ2v) is 6.81. The highest BCUT2D eigenvalue weighted by Gasteiger charge is 2.14. The first kappa shape index (κ1) is 15.9. The van der Waals surface area contributed by atoms with Crippen molar-refractivity contribution >= 4 is 28.3 Å². The first-order chi connectivity index (χ1) is 12.2. The first-order valence-corrected chi connectivity index (χ1v) is 8.94. The minimum absolute atomic E-state index is 0.433. The van der Waals surface area contributed by atoms with Crippen LogP contribution in [0.3, 0.4) is 0 Å². The Hall–Kier alpha value is -2.64. The molecule has 7 heteroatoms. The molecular formula is C18H18N4O2S. The maximum Gasteiger partial charge on any atom is 0.236 e. The number of hydrogen-bond acceptors (Lipinski definition) is 6. The van der Waals surface area contributed by atoms with Crippen molar-refractivity contribution in [3.05, 3.63) is 53.7 Å². The van der Waals surface area contributed by atoms with Crippen LogP contribution >= 0.6 is 11.3 Å². The summed E-state index contributed by atoms with van der Waals surface area (Å²) in [5, 5.41) is 14.8. The molecule has 1 atom stereocenters. The molecule has 0 amide bonds. The molecule has 4 rings (SSSR count). The van der Waals surface area contributed by atoms with Gasteiger partial charge in [-0.1, -0.05) is 18.2 Å². The molecule has 3 heterocycles. The fourth-order valence-electron chi connectivity index (χ4n) is 2.66. The molecule has 0 spiro atoms. The summed E-state index contributed by atoms with van der Waals surface area (Å²) in [4.78, 5) is 10.2. The number of rotatable bonds is 6. The average Bonchev–Trinajstić information content (AvgIpc) is 3.33. The van der Waals surface area contributed by atoms with Crippen molar-refractivity contribution in [1.29, 1.82) is 0 Å². The molecule has 1 aromatic carbocycles. The number of para-hydroxylation sites is 2. The van der Waals surface area contributed by atoms with Crippen molar-refractivity contribution in [1.82, 2.24) is 14.5 Å². The lowest BCUT2D eigenvalue weighted by Crippen LogP contribution is -2.18. The Balaban J connectivity index is 1.67. The lowest BCUT2D eigenvalue weighted by Gasteiger charge is -2.10. The fourth-order valence-corrected chi connectivity index (χ4v) is 3.32. The van der Waals surface area contributed by atoms with Gasteiger partial charge in [-0.2, -0.15) is 0 Å². The Kier molecular flexibility index (Phi) is 4.25. The summed E-state index contributed by atoms with van der Waals surface area (Å²) in [5.74, 6) is 1.34. The molecular weight excluding hydrogens is 336 g/mol. The summed E-state index contributed by atoms with van der Waals surface area (Å²) in [6, 6.07) is 11.9. The summed E-state index contributed by atoms with van der Waals surface area (Å²) < 4.78 is 7.66. The van der Waals surface area contributed by atoms with Crippen molar-refractivity contribution in [2.24, 2.45) is 0 Å². The second kappa shape index (κ2) is 6.70. The van der Waals surface area contributed by atoms with E-state index in [1.807, 2.05) is 46.3 Å². The van der Waals surface area contributed by atoms with Crippen LogP contribution in [0.4, 0.5) is 5.95 Å². The van der Waals surface area contributed by atoms with Gasteiger partial charge in [-0.3, -0.25) is 0 Å². The average molecular weight is 354 g/mol. The molecule has 128 valence electrons. The highest BCUT2D eigenvalue weighted by atomic mass is 32.1. The van der Waals surface area contributed by atoms with Crippen LogP contribution in [0.25, 0.3) is 21.8 Å². The predicted molar refractivity (Wildman–Crippen MR) is 98.8 cm³/mol. The lowest BCUT2D eigenvalue weighted by atomic mass is 10.3. The molecule has 0 saturated heterocycles. The Morgan fingerprint density at radius 2 is 2.12 bits per heavy atom. The Labute approximate surface area is 148 Å². The highest BCUT2D eigenvalue weighted by Crippen LogP contribution is 2.25. The summed E-state index contributed by atoms with van der Waals surface area (Å²) in [6.07, 6.45) is 1.23. The van der Waals surface area contributed by atoms with E-state index in [9.17, 15) is 5.11 Å². The smallest absolute Gasteiger partial charge is 0.236 e. The highest BCUT2D eigenvalue weighted by molar-refractivity contribution is 7.13. The van der Waals surface area contributed by atoms with Crippen LogP contribution in [0.15, 0.2) is 52.5 Å². The van der Waals surface area contributed by atoms with Gasteiger partial charge in [-0.15, -0.1) is 11.3 Å². The first-order valence-electron chi connectivity index (χ1n) is 8.06. The van der Waals surface area contributed by atoms with Gasteiger partial charge < -0.3 is 19.4 Å². The number of aliphatic hydroxyl groups excluding tert-OH is 1. The molecule has 0 aliphatic rings. The molecule has 0 bridgehead atoms. The van der Waals surface area contributed by atoms with E-state index in [0.717, 1.165) is 21.6 Å². The van der Waals surface area contributed by atoms with Crippen molar-refractivity contribution in [3.63, 3.8) is 0 Å². The van der Waals surface area contributed by atoms with Crippen LogP contribution < -0.4 is 5.32 Å². The third-order valence-corrected chi connectivity index (χ3v) is 4.67. The summed E-state index contributed by atoms with van der Waals surface area (Å²) in [5.41, 5.74) is 2.74. The van der Waals surface area contributed by atoms with Gasteiger partial charge in [0, 0.05) is 6.54 Å². The maximum absolute atomic E-state index is 9.55. The van der Waals surface area contributed by atoms with Gasteiger partial charge in [-0.25, -0.2) is 9.97 Å². The zero-order valence-corrected chi connectivity index (χ0v) is 14.5. The SMILES string of the molecule is C[C@H](O)CNc1nc2ccccc2n1Cc1coc(-c2cccs2)n1. The standard InChI is InChI=1S/C18H18N4O2S/c1-12(23)9-19-18-21-14-5-2-3-6-15(14)22(18)10-13-11-24-17(20-13)16-7-4-8-25-16/h2-8,11-12,23H,9-10H2,1H3,(H,19,21)/t12-/m0/s1. The normalized spacial score (nSPS) is 12.6. The number of hydrogen-bond donors (Lipinski definition) is 2. The van der Waals surface area contributed by atoms with Gasteiger partial charge in [-0.05, 0) is 30.5 Å². The minimum atomic E-state index is -0.453. The molecule has 0 aliphatic heterocycles. The second-order valence-electron chi connectivity index (χ2n) is 5.86. The van der Waals surface area contributed by atoms with Gasteiger partial charge in [0.25, 0.3) is 0 Å². The van der Waals surface area contributed by atoms with Crippen molar-refractivity contribution < 1.29 is 9.52 Å². The molecule has 0 fully saturated rings. The van der Waals surface area contributed by atoms with Gasteiger partial charge in [0.1, 0.15) is 6.26 Å². The van der Waals surface area contributed by atoms with E-state index in [-0.39, 0.29) is 0 Å². The monoisotopic (exact) mass is 354 g/mol. The number of fused-ring (bicyclic) bond motifs is 1. The molecule has 6 nitrogen and oxygen atoms in total. The molecule has 4 aromatic rings. The van der Waals surface area contributed by atoms with Crippen LogP contribution in [0.1, 0.15) is 12.6 Å². The van der Waals surface area contributed by atoms with E-state index in [4.69, 9.17) is 4.42 Å². The van der Waals surface area contributed by atoms with Crippen molar-refractivity contribution in [2.45, 2.75) is 19.6 Å². The molecule has 0 unspecified atom stereocenters. The van der Waals surface area contributed by atoms with Crippen LogP contribution in [0.5, 0.6) is 0 Å². The Morgan fingerprint density at radius 3 is 2.92 bits per heavy atom. The van der Waals surface area contributed by atoms with E-state index < -0.39 is 6.10 Å².